The minimum absolute atomic E-state index is 0.367. The molecule has 1 aliphatic rings. The van der Waals surface area contributed by atoms with E-state index >= 15 is 0 Å². The second kappa shape index (κ2) is 9.07. The fourth-order valence-corrected chi connectivity index (χ4v) is 2.06. The lowest BCUT2D eigenvalue weighted by Gasteiger charge is -2.21. The molecule has 0 aromatic carbocycles. The summed E-state index contributed by atoms with van der Waals surface area (Å²) in [5.41, 5.74) is 0. The Morgan fingerprint density at radius 1 is 1.50 bits per heavy atom. The van der Waals surface area contributed by atoms with Crippen molar-refractivity contribution in [2.75, 3.05) is 38.8 Å². The molecule has 1 unspecified atom stereocenters. The molecular weight excluding hydrogens is 280 g/mol. The Bertz CT molecular complexity index is 323. The zero-order chi connectivity index (χ0) is 15.0. The molecule has 0 aromatic heterocycles. The molecule has 116 valence electrons. The molecule has 6 nitrogen and oxygen atoms in total. The molecule has 0 aliphatic heterocycles. The summed E-state index contributed by atoms with van der Waals surface area (Å²) in [6, 6.07) is -1.20. The quantitative estimate of drug-likeness (QED) is 0.594. The van der Waals surface area contributed by atoms with Crippen LogP contribution in [0.5, 0.6) is 0 Å². The van der Waals surface area contributed by atoms with Crippen LogP contribution in [0.15, 0.2) is 0 Å². The monoisotopic (exact) mass is 304 g/mol. The number of nitrogens with zero attached hydrogens (tertiary/aromatic N) is 1. The Kier molecular flexibility index (Phi) is 7.76. The third kappa shape index (κ3) is 7.00. The van der Waals surface area contributed by atoms with Crippen molar-refractivity contribution < 1.29 is 19.4 Å². The van der Waals surface area contributed by atoms with Gasteiger partial charge in [0, 0.05) is 20.2 Å². The van der Waals surface area contributed by atoms with E-state index in [4.69, 9.17) is 9.84 Å². The van der Waals surface area contributed by atoms with Crippen LogP contribution in [0.1, 0.15) is 19.3 Å². The lowest BCUT2D eigenvalue weighted by Crippen LogP contribution is -2.47. The second-order valence-corrected chi connectivity index (χ2v) is 6.05. The van der Waals surface area contributed by atoms with Gasteiger partial charge in [0.15, 0.2) is 0 Å². The Balaban J connectivity index is 2.20. The van der Waals surface area contributed by atoms with Gasteiger partial charge in [-0.1, -0.05) is 0 Å². The van der Waals surface area contributed by atoms with Crippen molar-refractivity contribution >= 4 is 23.8 Å². The van der Waals surface area contributed by atoms with Gasteiger partial charge in [-0.15, -0.1) is 0 Å². The molecule has 1 saturated carbocycles. The van der Waals surface area contributed by atoms with Crippen molar-refractivity contribution in [3.05, 3.63) is 0 Å². The van der Waals surface area contributed by atoms with Crippen LogP contribution in [0, 0.1) is 5.92 Å². The Hall–Kier alpha value is -0.950. The van der Waals surface area contributed by atoms with Crippen LogP contribution < -0.4 is 5.32 Å². The molecule has 20 heavy (non-hydrogen) atoms. The topological polar surface area (TPSA) is 78.9 Å². The minimum atomic E-state index is -0.995. The summed E-state index contributed by atoms with van der Waals surface area (Å²) < 4.78 is 5.45. The van der Waals surface area contributed by atoms with Gasteiger partial charge in [0.05, 0.1) is 6.61 Å². The largest absolute Gasteiger partial charge is 0.480 e. The van der Waals surface area contributed by atoms with Gasteiger partial charge in [0.2, 0.25) is 0 Å². The summed E-state index contributed by atoms with van der Waals surface area (Å²) >= 11 is 1.56. The van der Waals surface area contributed by atoms with Crippen LogP contribution in [0.4, 0.5) is 4.79 Å². The SMILES string of the molecule is CSCCC(NC(=O)N(C)CCOCC1CC1)C(=O)O. The number of amides is 2. The number of urea groups is 1. The molecule has 1 rings (SSSR count). The molecule has 0 bridgehead atoms. The Morgan fingerprint density at radius 3 is 2.75 bits per heavy atom. The third-order valence-electron chi connectivity index (χ3n) is 3.17. The van der Waals surface area contributed by atoms with Crippen molar-refractivity contribution in [3.8, 4) is 0 Å². The fraction of sp³-hybridized carbons (Fsp3) is 0.846. The van der Waals surface area contributed by atoms with Gasteiger partial charge in [-0.2, -0.15) is 11.8 Å². The number of rotatable bonds is 10. The van der Waals surface area contributed by atoms with Crippen LogP contribution in [-0.4, -0.2) is 66.9 Å². The van der Waals surface area contributed by atoms with Gasteiger partial charge < -0.3 is 20.1 Å². The molecule has 0 heterocycles. The van der Waals surface area contributed by atoms with E-state index in [1.54, 1.807) is 18.8 Å². The smallest absolute Gasteiger partial charge is 0.326 e. The summed E-state index contributed by atoms with van der Waals surface area (Å²) in [6.07, 6.45) is 4.82. The highest BCUT2D eigenvalue weighted by Crippen LogP contribution is 2.28. The summed E-state index contributed by atoms with van der Waals surface area (Å²) in [7, 11) is 1.64. The van der Waals surface area contributed by atoms with Crippen molar-refractivity contribution in [1.29, 1.82) is 0 Å². The second-order valence-electron chi connectivity index (χ2n) is 5.06. The molecule has 2 amide bonds. The first-order chi connectivity index (χ1) is 9.54. The molecule has 0 spiro atoms. The van der Waals surface area contributed by atoms with E-state index in [-0.39, 0.29) is 6.03 Å². The molecule has 0 aromatic rings. The van der Waals surface area contributed by atoms with E-state index < -0.39 is 12.0 Å². The molecular formula is C13H24N2O4S. The average molecular weight is 304 g/mol. The lowest BCUT2D eigenvalue weighted by molar-refractivity contribution is -0.139. The van der Waals surface area contributed by atoms with Gasteiger partial charge in [-0.05, 0) is 37.2 Å². The van der Waals surface area contributed by atoms with E-state index in [1.807, 2.05) is 6.26 Å². The van der Waals surface area contributed by atoms with E-state index in [0.29, 0.717) is 31.2 Å². The summed E-state index contributed by atoms with van der Waals surface area (Å²) in [6.45, 7) is 1.72. The van der Waals surface area contributed by atoms with Gasteiger partial charge in [-0.25, -0.2) is 9.59 Å². The number of thioether (sulfide) groups is 1. The molecule has 1 atom stereocenters. The summed E-state index contributed by atoms with van der Waals surface area (Å²) in [5.74, 6) is 0.411. The molecule has 0 radical (unpaired) electrons. The van der Waals surface area contributed by atoms with Crippen LogP contribution in [0.2, 0.25) is 0 Å². The van der Waals surface area contributed by atoms with E-state index in [2.05, 4.69) is 5.32 Å². The first-order valence-electron chi connectivity index (χ1n) is 6.85. The zero-order valence-corrected chi connectivity index (χ0v) is 12.9. The maximum absolute atomic E-state index is 11.9. The minimum Gasteiger partial charge on any atom is -0.480 e. The average Bonchev–Trinajstić information content (AvgIpc) is 3.22. The van der Waals surface area contributed by atoms with Crippen LogP contribution in [-0.2, 0) is 9.53 Å². The maximum atomic E-state index is 11.9. The molecule has 2 N–H and O–H groups in total. The lowest BCUT2D eigenvalue weighted by atomic mass is 10.2. The molecule has 0 saturated heterocycles. The third-order valence-corrected chi connectivity index (χ3v) is 3.82. The van der Waals surface area contributed by atoms with Crippen molar-refractivity contribution in [1.82, 2.24) is 10.2 Å². The van der Waals surface area contributed by atoms with Crippen molar-refractivity contribution in [3.63, 3.8) is 0 Å². The standard InChI is InChI=1S/C13H24N2O4S/c1-15(6-7-19-9-10-3-4-10)13(18)14-11(12(16)17)5-8-20-2/h10-11H,3-9H2,1-2H3,(H,14,18)(H,16,17). The van der Waals surface area contributed by atoms with E-state index in [0.717, 1.165) is 6.61 Å². The first-order valence-corrected chi connectivity index (χ1v) is 8.25. The number of likely N-dealkylation sites (N-methyl/N-ethyl adjacent to an activating group) is 1. The van der Waals surface area contributed by atoms with Crippen LogP contribution in [0.3, 0.4) is 0 Å². The van der Waals surface area contributed by atoms with Gasteiger partial charge in [0.1, 0.15) is 6.04 Å². The number of carboxylic acid groups (broad SMARTS) is 1. The number of ether oxygens (including phenoxy) is 1. The number of nitrogens with one attached hydrogen (secondary N) is 1. The summed E-state index contributed by atoms with van der Waals surface area (Å²) in [4.78, 5) is 24.3. The zero-order valence-electron chi connectivity index (χ0n) is 12.1. The Morgan fingerprint density at radius 2 is 2.20 bits per heavy atom. The van der Waals surface area contributed by atoms with Crippen molar-refractivity contribution in [2.45, 2.75) is 25.3 Å². The first kappa shape index (κ1) is 17.1. The highest BCUT2D eigenvalue weighted by molar-refractivity contribution is 7.98. The van der Waals surface area contributed by atoms with Gasteiger partial charge in [-0.3, -0.25) is 0 Å². The van der Waals surface area contributed by atoms with Crippen molar-refractivity contribution in [2.24, 2.45) is 5.92 Å². The highest BCUT2D eigenvalue weighted by Gasteiger charge is 2.22. The highest BCUT2D eigenvalue weighted by atomic mass is 32.2. The van der Waals surface area contributed by atoms with E-state index in [9.17, 15) is 9.59 Å². The molecule has 7 heteroatoms. The number of hydrogen-bond acceptors (Lipinski definition) is 4. The predicted octanol–water partition coefficient (Wildman–Crippen LogP) is 1.26. The van der Waals surface area contributed by atoms with Gasteiger partial charge >= 0.3 is 12.0 Å². The van der Waals surface area contributed by atoms with E-state index in [1.165, 1.54) is 17.7 Å². The molecule has 1 aliphatic carbocycles. The van der Waals surface area contributed by atoms with Crippen LogP contribution >= 0.6 is 11.8 Å². The maximum Gasteiger partial charge on any atom is 0.326 e. The number of aliphatic carboxylic acids is 1. The fourth-order valence-electron chi connectivity index (χ4n) is 1.59. The number of carbonyl (C=O) groups excluding carboxylic acids is 1. The number of hydrogen-bond donors (Lipinski definition) is 2. The number of carboxylic acids is 1. The summed E-state index contributed by atoms with van der Waals surface area (Å²) in [5, 5.41) is 11.6. The molecule has 1 fully saturated rings. The predicted molar refractivity (Wildman–Crippen MR) is 79.1 cm³/mol. The number of carbonyl (C=O) groups is 2. The van der Waals surface area contributed by atoms with Crippen LogP contribution in [0.25, 0.3) is 0 Å². The normalized spacial score (nSPS) is 15.7. The Labute approximate surface area is 124 Å². The van der Waals surface area contributed by atoms with Gasteiger partial charge in [0.25, 0.3) is 0 Å².